The molecule has 1 aromatic carbocycles. The Hall–Kier alpha value is -1.00. The van der Waals surface area contributed by atoms with Crippen molar-refractivity contribution in [3.05, 3.63) is 34.9 Å². The van der Waals surface area contributed by atoms with Gasteiger partial charge in [-0.05, 0) is 32.4 Å². The minimum Gasteiger partial charge on any atom is -0.375 e. The van der Waals surface area contributed by atoms with Crippen LogP contribution in [-0.2, 0) is 4.74 Å². The van der Waals surface area contributed by atoms with Crippen LogP contribution in [0.5, 0.6) is 0 Å². The highest BCUT2D eigenvalue weighted by atomic mass is 19.3. The van der Waals surface area contributed by atoms with Crippen LogP contribution >= 0.6 is 0 Å². The van der Waals surface area contributed by atoms with E-state index in [1.165, 1.54) is 16.7 Å². The van der Waals surface area contributed by atoms with Crippen molar-refractivity contribution < 1.29 is 13.5 Å². The van der Waals surface area contributed by atoms with Crippen LogP contribution in [0.2, 0.25) is 0 Å². The molecule has 0 aliphatic carbocycles. The fraction of sp³-hybridized carbons (Fsp3) is 0.600. The molecule has 4 heteroatoms. The molecule has 1 atom stereocenters. The number of aryl methyl sites for hydroxylation is 2. The molecule has 0 saturated heterocycles. The van der Waals surface area contributed by atoms with Gasteiger partial charge < -0.3 is 10.1 Å². The van der Waals surface area contributed by atoms with Crippen LogP contribution in [0.4, 0.5) is 8.78 Å². The van der Waals surface area contributed by atoms with E-state index in [0.717, 1.165) is 6.54 Å². The van der Waals surface area contributed by atoms with E-state index in [2.05, 4.69) is 37.4 Å². The van der Waals surface area contributed by atoms with Crippen molar-refractivity contribution in [2.75, 3.05) is 19.8 Å². The SMILES string of the molecule is CCNC(CCOCC(F)F)c1cc(C)cc(C)c1. The fourth-order valence-corrected chi connectivity index (χ4v) is 2.22. The molecule has 1 N–H and O–H groups in total. The molecule has 19 heavy (non-hydrogen) atoms. The van der Waals surface area contributed by atoms with E-state index < -0.39 is 13.0 Å². The fourth-order valence-electron chi connectivity index (χ4n) is 2.22. The molecule has 0 radical (unpaired) electrons. The van der Waals surface area contributed by atoms with Gasteiger partial charge in [-0.3, -0.25) is 0 Å². The van der Waals surface area contributed by atoms with Gasteiger partial charge in [0.2, 0.25) is 0 Å². The number of benzene rings is 1. The van der Waals surface area contributed by atoms with Crippen molar-refractivity contribution >= 4 is 0 Å². The van der Waals surface area contributed by atoms with E-state index in [4.69, 9.17) is 4.74 Å². The lowest BCUT2D eigenvalue weighted by molar-refractivity contribution is 0.0144. The van der Waals surface area contributed by atoms with Crippen molar-refractivity contribution in [1.82, 2.24) is 5.32 Å². The molecule has 0 amide bonds. The van der Waals surface area contributed by atoms with Gasteiger partial charge in [-0.2, -0.15) is 0 Å². The number of rotatable bonds is 8. The van der Waals surface area contributed by atoms with Gasteiger partial charge in [0.15, 0.2) is 0 Å². The molecule has 0 fully saturated rings. The summed E-state index contributed by atoms with van der Waals surface area (Å²) in [5.74, 6) is 0. The van der Waals surface area contributed by atoms with E-state index in [1.807, 2.05) is 6.92 Å². The molecule has 108 valence electrons. The lowest BCUT2D eigenvalue weighted by Crippen LogP contribution is -2.23. The standard InChI is InChI=1S/C15H23F2NO/c1-4-18-14(5-6-19-10-15(16)17)13-8-11(2)7-12(3)9-13/h7-9,14-15,18H,4-6,10H2,1-3H3. The summed E-state index contributed by atoms with van der Waals surface area (Å²) in [6, 6.07) is 6.54. The van der Waals surface area contributed by atoms with E-state index in [9.17, 15) is 8.78 Å². The Balaban J connectivity index is 2.60. The summed E-state index contributed by atoms with van der Waals surface area (Å²) >= 11 is 0. The Kier molecular flexibility index (Phi) is 6.95. The van der Waals surface area contributed by atoms with Gasteiger partial charge in [0.25, 0.3) is 6.43 Å². The molecule has 1 aromatic rings. The van der Waals surface area contributed by atoms with Crippen LogP contribution < -0.4 is 5.32 Å². The zero-order valence-electron chi connectivity index (χ0n) is 11.9. The number of hydrogen-bond acceptors (Lipinski definition) is 2. The van der Waals surface area contributed by atoms with Crippen LogP contribution in [0.15, 0.2) is 18.2 Å². The molecule has 0 saturated carbocycles. The maximum Gasteiger partial charge on any atom is 0.261 e. The van der Waals surface area contributed by atoms with Crippen LogP contribution in [0.3, 0.4) is 0 Å². The minimum atomic E-state index is -2.39. The number of alkyl halides is 2. The Morgan fingerprint density at radius 2 is 1.79 bits per heavy atom. The first kappa shape index (κ1) is 16.1. The lowest BCUT2D eigenvalue weighted by Gasteiger charge is -2.19. The first-order valence-corrected chi connectivity index (χ1v) is 6.70. The number of nitrogens with one attached hydrogen (secondary N) is 1. The van der Waals surface area contributed by atoms with Crippen LogP contribution in [-0.4, -0.2) is 26.2 Å². The normalized spacial score (nSPS) is 12.9. The maximum absolute atomic E-state index is 12.0. The highest BCUT2D eigenvalue weighted by Gasteiger charge is 2.11. The van der Waals surface area contributed by atoms with E-state index in [1.54, 1.807) is 0 Å². The summed E-state index contributed by atoms with van der Waals surface area (Å²) < 4.78 is 29.0. The van der Waals surface area contributed by atoms with Crippen LogP contribution in [0, 0.1) is 13.8 Å². The monoisotopic (exact) mass is 271 g/mol. The van der Waals surface area contributed by atoms with Crippen molar-refractivity contribution in [1.29, 1.82) is 0 Å². The first-order chi connectivity index (χ1) is 9.02. The van der Waals surface area contributed by atoms with Crippen LogP contribution in [0.1, 0.15) is 36.1 Å². The summed E-state index contributed by atoms with van der Waals surface area (Å²) in [5.41, 5.74) is 3.62. The second-order valence-corrected chi connectivity index (χ2v) is 4.79. The van der Waals surface area contributed by atoms with E-state index >= 15 is 0 Å². The topological polar surface area (TPSA) is 21.3 Å². The summed E-state index contributed by atoms with van der Waals surface area (Å²) in [5, 5.41) is 3.37. The van der Waals surface area contributed by atoms with Crippen LogP contribution in [0.25, 0.3) is 0 Å². The summed E-state index contributed by atoms with van der Waals surface area (Å²) in [7, 11) is 0. The average molecular weight is 271 g/mol. The number of halogens is 2. The zero-order chi connectivity index (χ0) is 14.3. The molecule has 0 spiro atoms. The summed E-state index contributed by atoms with van der Waals surface area (Å²) in [6.07, 6.45) is -1.69. The van der Waals surface area contributed by atoms with Crippen molar-refractivity contribution in [3.63, 3.8) is 0 Å². The maximum atomic E-state index is 12.0. The predicted molar refractivity (Wildman–Crippen MR) is 73.8 cm³/mol. The van der Waals surface area contributed by atoms with Gasteiger partial charge in [0, 0.05) is 12.6 Å². The Morgan fingerprint density at radius 3 is 2.32 bits per heavy atom. The van der Waals surface area contributed by atoms with Gasteiger partial charge in [-0.25, -0.2) is 8.78 Å². The molecule has 0 heterocycles. The number of ether oxygens (including phenoxy) is 1. The van der Waals surface area contributed by atoms with Gasteiger partial charge >= 0.3 is 0 Å². The third kappa shape index (κ3) is 6.12. The molecule has 1 rings (SSSR count). The van der Waals surface area contributed by atoms with Gasteiger partial charge in [0.1, 0.15) is 6.61 Å². The second kappa shape index (κ2) is 8.23. The quantitative estimate of drug-likeness (QED) is 0.729. The highest BCUT2D eigenvalue weighted by Crippen LogP contribution is 2.20. The van der Waals surface area contributed by atoms with Crippen molar-refractivity contribution in [2.45, 2.75) is 39.7 Å². The molecule has 0 aliphatic rings. The Labute approximate surface area is 114 Å². The third-order valence-corrected chi connectivity index (χ3v) is 2.89. The molecule has 1 unspecified atom stereocenters. The lowest BCUT2D eigenvalue weighted by atomic mass is 9.99. The van der Waals surface area contributed by atoms with Crippen molar-refractivity contribution in [3.8, 4) is 0 Å². The Morgan fingerprint density at radius 1 is 1.16 bits per heavy atom. The molecular weight excluding hydrogens is 248 g/mol. The molecule has 0 aliphatic heterocycles. The molecule has 0 aromatic heterocycles. The smallest absolute Gasteiger partial charge is 0.261 e. The Bertz CT molecular complexity index is 362. The van der Waals surface area contributed by atoms with E-state index in [0.29, 0.717) is 13.0 Å². The number of hydrogen-bond donors (Lipinski definition) is 1. The molecular formula is C15H23F2NO. The highest BCUT2D eigenvalue weighted by molar-refractivity contribution is 5.30. The second-order valence-electron chi connectivity index (χ2n) is 4.79. The molecule has 2 nitrogen and oxygen atoms in total. The third-order valence-electron chi connectivity index (χ3n) is 2.89. The van der Waals surface area contributed by atoms with Gasteiger partial charge in [0.05, 0.1) is 0 Å². The summed E-state index contributed by atoms with van der Waals surface area (Å²) in [4.78, 5) is 0. The van der Waals surface area contributed by atoms with Gasteiger partial charge in [-0.15, -0.1) is 0 Å². The molecule has 0 bridgehead atoms. The predicted octanol–water partition coefficient (Wildman–Crippen LogP) is 3.63. The largest absolute Gasteiger partial charge is 0.375 e. The minimum absolute atomic E-state index is 0.154. The average Bonchev–Trinajstić information content (AvgIpc) is 2.31. The van der Waals surface area contributed by atoms with Crippen molar-refractivity contribution in [2.24, 2.45) is 0 Å². The van der Waals surface area contributed by atoms with Gasteiger partial charge in [-0.1, -0.05) is 36.2 Å². The van der Waals surface area contributed by atoms with E-state index in [-0.39, 0.29) is 6.04 Å². The summed E-state index contributed by atoms with van der Waals surface area (Å²) in [6.45, 7) is 6.86. The zero-order valence-corrected chi connectivity index (χ0v) is 11.9. The first-order valence-electron chi connectivity index (χ1n) is 6.70.